The zero-order valence-electron chi connectivity index (χ0n) is 25.8. The van der Waals surface area contributed by atoms with Crippen LogP contribution >= 0.6 is 23.2 Å². The molecule has 0 aliphatic heterocycles. The summed E-state index contributed by atoms with van der Waals surface area (Å²) in [6.07, 6.45) is 5.58. The summed E-state index contributed by atoms with van der Waals surface area (Å²) >= 11 is 12.0. The number of benzene rings is 2. The number of hydrogen-bond donors (Lipinski definition) is 2. The van der Waals surface area contributed by atoms with Crippen molar-refractivity contribution in [3.05, 3.63) is 123 Å². The number of hydrogen-bond acceptors (Lipinski definition) is 6. The first-order valence-corrected chi connectivity index (χ1v) is 14.6. The smallest absolute Gasteiger partial charge is 0.229 e. The van der Waals surface area contributed by atoms with Gasteiger partial charge in [0.1, 0.15) is 0 Å². The monoisotopic (exact) mass is 648 g/mol. The number of rotatable bonds is 6. The van der Waals surface area contributed by atoms with Crippen LogP contribution in [0, 0.1) is 16.0 Å². The Labute approximate surface area is 272 Å². The van der Waals surface area contributed by atoms with Crippen LogP contribution in [0.25, 0.3) is 0 Å². The van der Waals surface area contributed by atoms with E-state index in [-0.39, 0.29) is 28.9 Å². The van der Waals surface area contributed by atoms with E-state index in [0.29, 0.717) is 42.8 Å². The Morgan fingerprint density at radius 1 is 0.644 bits per heavy atom. The first kappa shape index (κ1) is 34.9. The first-order valence-electron chi connectivity index (χ1n) is 13.9. The van der Waals surface area contributed by atoms with Gasteiger partial charge in [-0.25, -0.2) is 0 Å². The van der Waals surface area contributed by atoms with Gasteiger partial charge in [0.2, 0.25) is 11.8 Å². The number of aromatic nitrogens is 2. The fourth-order valence-corrected chi connectivity index (χ4v) is 3.97. The van der Waals surface area contributed by atoms with E-state index in [1.54, 1.807) is 75.6 Å². The summed E-state index contributed by atoms with van der Waals surface area (Å²) in [7, 11) is 0. The number of ketones is 2. The van der Waals surface area contributed by atoms with Crippen LogP contribution in [0.2, 0.25) is 10.0 Å². The second kappa shape index (κ2) is 14.5. The summed E-state index contributed by atoms with van der Waals surface area (Å²) in [5.41, 5.74) is 1.14. The number of amides is 2. The fraction of sp³-hybridized carbons (Fsp3) is 0.235. The molecule has 2 amide bonds. The predicted octanol–water partition coefficient (Wildman–Crippen LogP) is 7.14. The number of nitrogens with zero attached hydrogens (tertiary/aromatic N) is 2. The van der Waals surface area contributed by atoms with Crippen molar-refractivity contribution in [3.8, 4) is 0 Å². The number of carbonyl (C=O) groups is 4. The molecule has 234 valence electrons. The molecule has 0 saturated carbocycles. The van der Waals surface area contributed by atoms with Gasteiger partial charge in [0.05, 0.1) is 11.4 Å². The largest absolute Gasteiger partial charge is 0.619 e. The standard InChI is InChI=1S/C17H17ClN2O3.C17H17ClN2O2/c1-17(2,3)16(22)19-14-5-4-12(18)10-13(14)15(21)11-6-8-20(23)9-7-11;1-17(2,3)16(22)20-14-5-4-12(18)10-13(14)15(21)11-6-8-19-9-7-11/h4-10H,1-3H3,(H,19,22);4-10H,1-3H3,(H,20,22). The van der Waals surface area contributed by atoms with E-state index in [1.807, 2.05) is 20.8 Å². The lowest BCUT2D eigenvalue weighted by molar-refractivity contribution is -0.605. The van der Waals surface area contributed by atoms with Gasteiger partial charge < -0.3 is 15.8 Å². The van der Waals surface area contributed by atoms with Crippen LogP contribution in [0.3, 0.4) is 0 Å². The first-order chi connectivity index (χ1) is 21.0. The number of halogens is 2. The molecule has 0 fully saturated rings. The molecule has 0 aliphatic carbocycles. The van der Waals surface area contributed by atoms with Crippen LogP contribution < -0.4 is 15.4 Å². The highest BCUT2D eigenvalue weighted by molar-refractivity contribution is 6.32. The topological polar surface area (TPSA) is 132 Å². The second-order valence-corrected chi connectivity index (χ2v) is 13.0. The molecule has 0 atom stereocenters. The number of pyridine rings is 2. The van der Waals surface area contributed by atoms with Gasteiger partial charge in [-0.15, -0.1) is 0 Å². The van der Waals surface area contributed by atoms with Crippen molar-refractivity contribution in [2.45, 2.75) is 41.5 Å². The average molecular weight is 650 g/mol. The Bertz CT molecular complexity index is 1710. The lowest BCUT2D eigenvalue weighted by Gasteiger charge is -2.19. The van der Waals surface area contributed by atoms with Gasteiger partial charge >= 0.3 is 0 Å². The molecule has 2 heterocycles. The van der Waals surface area contributed by atoms with E-state index >= 15 is 0 Å². The van der Waals surface area contributed by atoms with Gasteiger partial charge in [0, 0.05) is 67.7 Å². The maximum absolute atomic E-state index is 12.6. The van der Waals surface area contributed by atoms with Gasteiger partial charge in [-0.2, -0.15) is 4.73 Å². The molecule has 11 heteroatoms. The lowest BCUT2D eigenvalue weighted by Crippen LogP contribution is -2.28. The minimum Gasteiger partial charge on any atom is -0.619 e. The highest BCUT2D eigenvalue weighted by Crippen LogP contribution is 2.27. The van der Waals surface area contributed by atoms with Crippen molar-refractivity contribution in [1.29, 1.82) is 0 Å². The quantitative estimate of drug-likeness (QED) is 0.130. The summed E-state index contributed by atoms with van der Waals surface area (Å²) in [6, 6.07) is 15.6. The molecule has 4 aromatic rings. The van der Waals surface area contributed by atoms with Gasteiger partial charge in [-0.3, -0.25) is 24.2 Å². The molecule has 2 aromatic carbocycles. The lowest BCUT2D eigenvalue weighted by atomic mass is 9.95. The summed E-state index contributed by atoms with van der Waals surface area (Å²) in [5.74, 6) is -0.913. The van der Waals surface area contributed by atoms with Crippen LogP contribution in [-0.2, 0) is 9.59 Å². The minimum atomic E-state index is -0.596. The van der Waals surface area contributed by atoms with Crippen LogP contribution in [0.5, 0.6) is 0 Å². The fourth-order valence-electron chi connectivity index (χ4n) is 3.62. The van der Waals surface area contributed by atoms with E-state index in [0.717, 1.165) is 0 Å². The van der Waals surface area contributed by atoms with Crippen LogP contribution in [0.4, 0.5) is 11.4 Å². The van der Waals surface area contributed by atoms with Crippen molar-refractivity contribution in [3.63, 3.8) is 0 Å². The van der Waals surface area contributed by atoms with E-state index in [9.17, 15) is 24.4 Å². The third-order valence-corrected chi connectivity index (χ3v) is 6.79. The zero-order chi connectivity index (χ0) is 33.5. The molecule has 0 aliphatic rings. The van der Waals surface area contributed by atoms with Crippen molar-refractivity contribution in [2.75, 3.05) is 10.6 Å². The third kappa shape index (κ3) is 9.69. The summed E-state index contributed by atoms with van der Waals surface area (Å²) < 4.78 is 0.594. The molecule has 0 radical (unpaired) electrons. The molecular formula is C34H34Cl2N4O5. The number of anilines is 2. The number of nitrogens with one attached hydrogen (secondary N) is 2. The van der Waals surface area contributed by atoms with Crippen LogP contribution in [-0.4, -0.2) is 28.4 Å². The Morgan fingerprint density at radius 3 is 1.40 bits per heavy atom. The molecule has 0 saturated heterocycles. The van der Waals surface area contributed by atoms with E-state index in [4.69, 9.17) is 23.2 Å². The van der Waals surface area contributed by atoms with Gasteiger partial charge in [0.25, 0.3) is 0 Å². The normalized spacial score (nSPS) is 11.1. The molecule has 4 rings (SSSR count). The molecule has 0 spiro atoms. The second-order valence-electron chi connectivity index (χ2n) is 12.1. The van der Waals surface area contributed by atoms with Gasteiger partial charge in [-0.05, 0) is 48.5 Å². The van der Waals surface area contributed by atoms with Gasteiger partial charge in [-0.1, -0.05) is 64.7 Å². The number of carbonyl (C=O) groups excluding carboxylic acids is 4. The van der Waals surface area contributed by atoms with Crippen molar-refractivity contribution >= 4 is 58.0 Å². The van der Waals surface area contributed by atoms with E-state index in [1.165, 1.54) is 30.6 Å². The Kier molecular flexibility index (Phi) is 11.2. The highest BCUT2D eigenvalue weighted by Gasteiger charge is 2.25. The van der Waals surface area contributed by atoms with Crippen molar-refractivity contribution in [1.82, 2.24) is 4.98 Å². The summed E-state index contributed by atoms with van der Waals surface area (Å²) in [5, 5.41) is 17.5. The third-order valence-electron chi connectivity index (χ3n) is 6.32. The maximum Gasteiger partial charge on any atom is 0.229 e. The van der Waals surface area contributed by atoms with E-state index < -0.39 is 10.8 Å². The Hall–Kier alpha value is -4.60. The zero-order valence-corrected chi connectivity index (χ0v) is 27.3. The average Bonchev–Trinajstić information content (AvgIpc) is 2.98. The maximum atomic E-state index is 12.6. The molecule has 2 aromatic heterocycles. The molecule has 2 N–H and O–H groups in total. The molecule has 0 unspecified atom stereocenters. The van der Waals surface area contributed by atoms with Crippen LogP contribution in [0.15, 0.2) is 85.5 Å². The van der Waals surface area contributed by atoms with Crippen molar-refractivity contribution in [2.24, 2.45) is 10.8 Å². The molecule has 9 nitrogen and oxygen atoms in total. The Morgan fingerprint density at radius 2 is 1.02 bits per heavy atom. The molecule has 0 bridgehead atoms. The van der Waals surface area contributed by atoms with Gasteiger partial charge in [0.15, 0.2) is 24.0 Å². The molecule has 45 heavy (non-hydrogen) atoms. The predicted molar refractivity (Wildman–Crippen MR) is 176 cm³/mol. The highest BCUT2D eigenvalue weighted by atomic mass is 35.5. The van der Waals surface area contributed by atoms with Crippen LogP contribution in [0.1, 0.15) is 73.4 Å². The summed E-state index contributed by atoms with van der Waals surface area (Å²) in [4.78, 5) is 53.5. The molecular weight excluding hydrogens is 615 g/mol. The van der Waals surface area contributed by atoms with Crippen molar-refractivity contribution < 1.29 is 23.9 Å². The minimum absolute atomic E-state index is 0.168. The Balaban J connectivity index is 0.000000246. The summed E-state index contributed by atoms with van der Waals surface area (Å²) in [6.45, 7) is 10.8. The van der Waals surface area contributed by atoms with E-state index in [2.05, 4.69) is 15.6 Å². The SMILES string of the molecule is CC(C)(C)C(=O)Nc1ccc(Cl)cc1C(=O)c1cc[n+]([O-])cc1.CC(C)(C)C(=O)Nc1ccc(Cl)cc1C(=O)c1ccncc1.